The van der Waals surface area contributed by atoms with Crippen LogP contribution in [0.4, 0.5) is 0 Å². The number of likely N-dealkylation sites (tertiary alicyclic amines) is 1. The Kier molecular flexibility index (Phi) is 5.61. The van der Waals surface area contributed by atoms with Crippen molar-refractivity contribution in [3.63, 3.8) is 0 Å². The minimum absolute atomic E-state index is 0. The van der Waals surface area contributed by atoms with E-state index in [1.54, 1.807) is 0 Å². The van der Waals surface area contributed by atoms with Crippen molar-refractivity contribution in [2.24, 2.45) is 5.92 Å². The van der Waals surface area contributed by atoms with Crippen molar-refractivity contribution >= 4 is 12.4 Å². The second-order valence-electron chi connectivity index (χ2n) is 5.76. The summed E-state index contributed by atoms with van der Waals surface area (Å²) in [6.45, 7) is 4.75. The summed E-state index contributed by atoms with van der Waals surface area (Å²) in [6.07, 6.45) is 9.33. The number of halogens is 1. The standard InChI is InChI=1S/C15H23N3.ClH/c1-2-14(10-16-7-1)12-18-8-5-15(6-9-18)17-11-13-3-4-13;/h1-2,7,10,13,15,17H,3-6,8-9,11-12H2;1H. The van der Waals surface area contributed by atoms with E-state index < -0.39 is 0 Å². The first-order valence-electron chi connectivity index (χ1n) is 7.25. The van der Waals surface area contributed by atoms with Crippen LogP contribution >= 0.6 is 12.4 Å². The Morgan fingerprint density at radius 3 is 2.63 bits per heavy atom. The molecule has 0 unspecified atom stereocenters. The van der Waals surface area contributed by atoms with E-state index in [4.69, 9.17) is 0 Å². The Hall–Kier alpha value is -0.640. The summed E-state index contributed by atoms with van der Waals surface area (Å²) in [5, 5.41) is 3.73. The lowest BCUT2D eigenvalue weighted by molar-refractivity contribution is 0.190. The topological polar surface area (TPSA) is 28.2 Å². The number of nitrogens with zero attached hydrogens (tertiary/aromatic N) is 2. The number of nitrogens with one attached hydrogen (secondary N) is 1. The molecular weight excluding hydrogens is 258 g/mol. The normalized spacial score (nSPS) is 21.1. The molecule has 0 spiro atoms. The van der Waals surface area contributed by atoms with Crippen LogP contribution in [0, 0.1) is 5.92 Å². The van der Waals surface area contributed by atoms with Gasteiger partial charge < -0.3 is 5.32 Å². The highest BCUT2D eigenvalue weighted by molar-refractivity contribution is 5.85. The monoisotopic (exact) mass is 281 g/mol. The molecule has 1 aliphatic heterocycles. The Balaban J connectivity index is 0.00000133. The lowest BCUT2D eigenvalue weighted by Gasteiger charge is -2.32. The summed E-state index contributed by atoms with van der Waals surface area (Å²) in [5.74, 6) is 0.999. The Morgan fingerprint density at radius 2 is 2.00 bits per heavy atom. The van der Waals surface area contributed by atoms with Crippen LogP contribution in [0.5, 0.6) is 0 Å². The number of hydrogen-bond donors (Lipinski definition) is 1. The molecule has 1 aromatic heterocycles. The molecule has 1 N–H and O–H groups in total. The number of hydrogen-bond acceptors (Lipinski definition) is 3. The summed E-state index contributed by atoms with van der Waals surface area (Å²) in [5.41, 5.74) is 1.34. The number of pyridine rings is 1. The first kappa shape index (κ1) is 14.8. The van der Waals surface area contributed by atoms with Crippen molar-refractivity contribution in [2.45, 2.75) is 38.3 Å². The number of piperidine rings is 1. The third-order valence-corrected chi connectivity index (χ3v) is 4.11. The summed E-state index contributed by atoms with van der Waals surface area (Å²) in [6, 6.07) is 4.96. The van der Waals surface area contributed by atoms with Gasteiger partial charge in [0.2, 0.25) is 0 Å². The van der Waals surface area contributed by atoms with E-state index in [0.29, 0.717) is 0 Å². The van der Waals surface area contributed by atoms with Gasteiger partial charge in [-0.15, -0.1) is 12.4 Å². The van der Waals surface area contributed by atoms with Gasteiger partial charge in [-0.3, -0.25) is 9.88 Å². The van der Waals surface area contributed by atoms with Crippen molar-refractivity contribution in [3.05, 3.63) is 30.1 Å². The molecule has 1 saturated heterocycles. The molecular formula is C15H24ClN3. The van der Waals surface area contributed by atoms with Crippen LogP contribution in [0.2, 0.25) is 0 Å². The molecule has 2 aliphatic rings. The third kappa shape index (κ3) is 4.75. The summed E-state index contributed by atoms with van der Waals surface area (Å²) < 4.78 is 0. The van der Waals surface area contributed by atoms with E-state index in [2.05, 4.69) is 21.3 Å². The molecule has 0 amide bonds. The van der Waals surface area contributed by atoms with Crippen molar-refractivity contribution in [2.75, 3.05) is 19.6 Å². The highest BCUT2D eigenvalue weighted by Crippen LogP contribution is 2.28. The Morgan fingerprint density at radius 1 is 1.21 bits per heavy atom. The zero-order valence-corrected chi connectivity index (χ0v) is 12.2. The van der Waals surface area contributed by atoms with Gasteiger partial charge >= 0.3 is 0 Å². The van der Waals surface area contributed by atoms with E-state index in [9.17, 15) is 0 Å². The summed E-state index contributed by atoms with van der Waals surface area (Å²) in [7, 11) is 0. The Bertz CT molecular complexity index is 359. The van der Waals surface area contributed by atoms with Crippen LogP contribution in [-0.4, -0.2) is 35.6 Å². The van der Waals surface area contributed by atoms with E-state index in [1.165, 1.54) is 50.9 Å². The molecule has 2 fully saturated rings. The first-order chi connectivity index (χ1) is 8.90. The third-order valence-electron chi connectivity index (χ3n) is 4.11. The van der Waals surface area contributed by atoms with Gasteiger partial charge in [0, 0.05) is 25.0 Å². The van der Waals surface area contributed by atoms with Crippen molar-refractivity contribution in [3.8, 4) is 0 Å². The van der Waals surface area contributed by atoms with Crippen molar-refractivity contribution in [1.29, 1.82) is 0 Å². The summed E-state index contributed by atoms with van der Waals surface area (Å²) in [4.78, 5) is 6.73. The fraction of sp³-hybridized carbons (Fsp3) is 0.667. The van der Waals surface area contributed by atoms with Gasteiger partial charge in [-0.1, -0.05) is 6.07 Å². The van der Waals surface area contributed by atoms with E-state index in [-0.39, 0.29) is 12.4 Å². The molecule has 1 aliphatic carbocycles. The quantitative estimate of drug-likeness (QED) is 0.899. The lowest BCUT2D eigenvalue weighted by Crippen LogP contribution is -2.42. The maximum absolute atomic E-state index is 4.18. The molecule has 0 atom stereocenters. The molecule has 1 aromatic rings. The minimum atomic E-state index is 0. The van der Waals surface area contributed by atoms with Gasteiger partial charge in [-0.2, -0.15) is 0 Å². The average Bonchev–Trinajstić information content (AvgIpc) is 3.23. The van der Waals surface area contributed by atoms with Crippen LogP contribution in [0.25, 0.3) is 0 Å². The highest BCUT2D eigenvalue weighted by atomic mass is 35.5. The second-order valence-corrected chi connectivity index (χ2v) is 5.76. The SMILES string of the molecule is Cl.c1cncc(CN2CCC(NCC3CC3)CC2)c1. The molecule has 4 heteroatoms. The molecule has 0 aromatic carbocycles. The fourth-order valence-electron chi connectivity index (χ4n) is 2.70. The minimum Gasteiger partial charge on any atom is -0.314 e. The zero-order chi connectivity index (χ0) is 12.2. The Labute approximate surface area is 122 Å². The molecule has 2 heterocycles. The van der Waals surface area contributed by atoms with Crippen LogP contribution < -0.4 is 5.32 Å². The van der Waals surface area contributed by atoms with E-state index in [1.807, 2.05) is 18.5 Å². The molecule has 1 saturated carbocycles. The average molecular weight is 282 g/mol. The molecule has 3 rings (SSSR count). The van der Waals surface area contributed by atoms with Crippen LogP contribution in [0.3, 0.4) is 0 Å². The maximum Gasteiger partial charge on any atom is 0.0312 e. The predicted molar refractivity (Wildman–Crippen MR) is 80.5 cm³/mol. The number of rotatable bonds is 5. The van der Waals surface area contributed by atoms with Gasteiger partial charge in [0.05, 0.1) is 0 Å². The lowest BCUT2D eigenvalue weighted by atomic mass is 10.0. The number of aromatic nitrogens is 1. The van der Waals surface area contributed by atoms with Gasteiger partial charge in [0.15, 0.2) is 0 Å². The molecule has 0 bridgehead atoms. The van der Waals surface area contributed by atoms with Crippen molar-refractivity contribution in [1.82, 2.24) is 15.2 Å². The van der Waals surface area contributed by atoms with Gasteiger partial charge in [0.25, 0.3) is 0 Å². The maximum atomic E-state index is 4.18. The van der Waals surface area contributed by atoms with Crippen LogP contribution in [-0.2, 0) is 6.54 Å². The smallest absolute Gasteiger partial charge is 0.0312 e. The first-order valence-corrected chi connectivity index (χ1v) is 7.25. The molecule has 3 nitrogen and oxygen atoms in total. The molecule has 0 radical (unpaired) electrons. The second kappa shape index (κ2) is 7.22. The summed E-state index contributed by atoms with van der Waals surface area (Å²) >= 11 is 0. The molecule has 106 valence electrons. The molecule has 19 heavy (non-hydrogen) atoms. The highest BCUT2D eigenvalue weighted by Gasteiger charge is 2.24. The van der Waals surface area contributed by atoms with Crippen LogP contribution in [0.1, 0.15) is 31.2 Å². The fourth-order valence-corrected chi connectivity index (χ4v) is 2.70. The van der Waals surface area contributed by atoms with E-state index in [0.717, 1.165) is 18.5 Å². The van der Waals surface area contributed by atoms with Crippen LogP contribution in [0.15, 0.2) is 24.5 Å². The van der Waals surface area contributed by atoms with Gasteiger partial charge in [-0.05, 0) is 62.9 Å². The predicted octanol–water partition coefficient (Wildman–Crippen LogP) is 2.47. The van der Waals surface area contributed by atoms with Crippen molar-refractivity contribution < 1.29 is 0 Å². The van der Waals surface area contributed by atoms with Gasteiger partial charge in [0.1, 0.15) is 0 Å². The largest absolute Gasteiger partial charge is 0.314 e. The van der Waals surface area contributed by atoms with E-state index >= 15 is 0 Å². The zero-order valence-electron chi connectivity index (χ0n) is 11.4. The van der Waals surface area contributed by atoms with Gasteiger partial charge in [-0.25, -0.2) is 0 Å².